The summed E-state index contributed by atoms with van der Waals surface area (Å²) < 4.78 is 9.56. The zero-order chi connectivity index (χ0) is 13.9. The van der Waals surface area contributed by atoms with Gasteiger partial charge in [-0.3, -0.25) is 4.18 Å². The van der Waals surface area contributed by atoms with Crippen LogP contribution in [0, 0.1) is 35.5 Å². The third-order valence-electron chi connectivity index (χ3n) is 8.03. The Morgan fingerprint density at radius 2 is 1.67 bits per heavy atom. The summed E-state index contributed by atoms with van der Waals surface area (Å²) in [5.74, 6) is 6.20. The number of nitrogens with one attached hydrogen (secondary N) is 1. The van der Waals surface area contributed by atoms with Gasteiger partial charge in [-0.15, -0.1) is 0 Å². The van der Waals surface area contributed by atoms with Gasteiger partial charge in [-0.25, -0.2) is 4.72 Å². The van der Waals surface area contributed by atoms with Gasteiger partial charge in [0.25, 0.3) is 0 Å². The second-order valence-corrected chi connectivity index (χ2v) is 9.17. The molecule has 1 spiro atoms. The topological polar surface area (TPSA) is 21.3 Å². The van der Waals surface area contributed by atoms with Crippen LogP contribution in [0.2, 0.25) is 0 Å². The van der Waals surface area contributed by atoms with E-state index in [4.69, 9.17) is 4.18 Å². The molecule has 1 heterocycles. The number of fused-ring (bicyclic) bond motifs is 6. The van der Waals surface area contributed by atoms with Gasteiger partial charge in [0, 0.05) is 6.54 Å². The zero-order valence-corrected chi connectivity index (χ0v) is 13.9. The van der Waals surface area contributed by atoms with Gasteiger partial charge in [-0.05, 0) is 80.5 Å². The highest BCUT2D eigenvalue weighted by molar-refractivity contribution is 7.92. The third kappa shape index (κ3) is 1.99. The summed E-state index contributed by atoms with van der Waals surface area (Å²) in [5, 5.41) is 0. The van der Waals surface area contributed by atoms with Crippen molar-refractivity contribution in [3.63, 3.8) is 0 Å². The Labute approximate surface area is 133 Å². The summed E-state index contributed by atoms with van der Waals surface area (Å²) in [4.78, 5) is 0. The van der Waals surface area contributed by atoms with Gasteiger partial charge < -0.3 is 0 Å². The van der Waals surface area contributed by atoms with Crippen LogP contribution in [-0.4, -0.2) is 12.1 Å². The van der Waals surface area contributed by atoms with Crippen molar-refractivity contribution in [3.05, 3.63) is 0 Å². The normalized spacial score (nSPS) is 56.0. The minimum atomic E-state index is 0.212. The zero-order valence-electron chi connectivity index (χ0n) is 13.1. The number of hydrogen-bond donors (Lipinski definition) is 1. The molecule has 4 aliphatic carbocycles. The molecule has 7 atom stereocenters. The average Bonchev–Trinajstić information content (AvgIpc) is 3.16. The Kier molecular flexibility index (Phi) is 3.35. The summed E-state index contributed by atoms with van der Waals surface area (Å²) in [6.45, 7) is 1.10. The smallest absolute Gasteiger partial charge is 0.101 e. The van der Waals surface area contributed by atoms with Crippen LogP contribution in [0.4, 0.5) is 0 Å². The van der Waals surface area contributed by atoms with Crippen molar-refractivity contribution in [2.45, 2.75) is 69.8 Å². The fraction of sp³-hybridized carbons (Fsp3) is 1.00. The molecule has 3 heteroatoms. The Balaban J connectivity index is 1.39. The van der Waals surface area contributed by atoms with Crippen LogP contribution >= 0.6 is 12.2 Å². The molecular weight excluding hydrogens is 278 g/mol. The summed E-state index contributed by atoms with van der Waals surface area (Å²) in [6, 6.07) is 0. The molecule has 4 saturated carbocycles. The molecule has 1 aliphatic heterocycles. The second kappa shape index (κ2) is 5.14. The summed E-state index contributed by atoms with van der Waals surface area (Å²) >= 11 is 1.52. The maximum absolute atomic E-state index is 6.16. The molecule has 1 saturated heterocycles. The van der Waals surface area contributed by atoms with Crippen LogP contribution in [0.1, 0.15) is 64.2 Å². The van der Waals surface area contributed by atoms with E-state index in [2.05, 4.69) is 4.72 Å². The van der Waals surface area contributed by atoms with Gasteiger partial charge in [0.2, 0.25) is 0 Å². The molecule has 2 unspecified atom stereocenters. The first-order valence-corrected chi connectivity index (χ1v) is 10.2. The summed E-state index contributed by atoms with van der Waals surface area (Å²) in [6.07, 6.45) is 15.0. The van der Waals surface area contributed by atoms with Crippen LogP contribution in [0.3, 0.4) is 0 Å². The van der Waals surface area contributed by atoms with Gasteiger partial charge >= 0.3 is 0 Å². The average molecular weight is 308 g/mol. The minimum Gasteiger partial charge on any atom is -0.293 e. The Morgan fingerprint density at radius 3 is 2.57 bits per heavy atom. The first-order valence-electron chi connectivity index (χ1n) is 9.45. The van der Waals surface area contributed by atoms with E-state index in [1.54, 1.807) is 25.7 Å². The van der Waals surface area contributed by atoms with E-state index in [0.717, 1.165) is 42.1 Å². The van der Waals surface area contributed by atoms with E-state index >= 15 is 0 Å². The van der Waals surface area contributed by atoms with Crippen molar-refractivity contribution >= 4 is 12.2 Å². The maximum Gasteiger partial charge on any atom is 0.101 e. The van der Waals surface area contributed by atoms with Gasteiger partial charge in [0.05, 0.1) is 12.2 Å². The lowest BCUT2D eigenvalue weighted by molar-refractivity contribution is -0.0498. The molecule has 0 aromatic rings. The molecule has 0 radical (unpaired) electrons. The fourth-order valence-electron chi connectivity index (χ4n) is 7.22. The summed E-state index contributed by atoms with van der Waals surface area (Å²) in [5.41, 5.74) is 0.212. The van der Waals surface area contributed by atoms with E-state index in [1.807, 2.05) is 0 Å². The number of hydrogen-bond acceptors (Lipinski definition) is 3. The summed E-state index contributed by atoms with van der Waals surface area (Å²) in [7, 11) is 0. The molecule has 1 N–H and O–H groups in total. The lowest BCUT2D eigenvalue weighted by Gasteiger charge is -2.52. The van der Waals surface area contributed by atoms with Crippen LogP contribution in [0.15, 0.2) is 0 Å². The number of rotatable bonds is 0. The van der Waals surface area contributed by atoms with E-state index in [9.17, 15) is 0 Å². The van der Waals surface area contributed by atoms with Crippen molar-refractivity contribution < 1.29 is 4.18 Å². The van der Waals surface area contributed by atoms with Crippen molar-refractivity contribution in [2.75, 3.05) is 6.54 Å². The van der Waals surface area contributed by atoms with E-state index < -0.39 is 0 Å². The minimum absolute atomic E-state index is 0.212. The first kappa shape index (κ1) is 13.7. The van der Waals surface area contributed by atoms with Crippen molar-refractivity contribution in [1.29, 1.82) is 0 Å². The van der Waals surface area contributed by atoms with E-state index in [1.165, 1.54) is 50.8 Å². The largest absolute Gasteiger partial charge is 0.293 e. The van der Waals surface area contributed by atoms with Gasteiger partial charge in [0.1, 0.15) is 5.60 Å². The Hall–Kier alpha value is 0.270. The van der Waals surface area contributed by atoms with Crippen LogP contribution in [-0.2, 0) is 4.18 Å². The van der Waals surface area contributed by atoms with E-state index in [-0.39, 0.29) is 5.60 Å². The van der Waals surface area contributed by atoms with Crippen molar-refractivity contribution in [1.82, 2.24) is 4.72 Å². The molecule has 118 valence electrons. The third-order valence-corrected chi connectivity index (χ3v) is 8.71. The molecule has 0 bridgehead atoms. The predicted molar refractivity (Wildman–Crippen MR) is 86.5 cm³/mol. The lowest BCUT2D eigenvalue weighted by Crippen LogP contribution is -2.48. The van der Waals surface area contributed by atoms with Crippen LogP contribution in [0.5, 0.6) is 0 Å². The fourth-order valence-corrected chi connectivity index (χ4v) is 8.02. The molecule has 0 amide bonds. The van der Waals surface area contributed by atoms with Gasteiger partial charge in [-0.1, -0.05) is 19.3 Å². The molecular formula is C18H29NOS. The Bertz CT molecular complexity index is 408. The molecule has 5 rings (SSSR count). The standard InChI is InChI=1S/C18H29NOS/c1-2-4-13-12(3-1)5-6-15-14(13)7-8-17-16(15)9-10-18(17)11-19-21-20-18/h12-17,19H,1-11H2/t12?,13-,14+,15+,16-,17-,18?/m0/s1. The van der Waals surface area contributed by atoms with Gasteiger partial charge in [-0.2, -0.15) is 0 Å². The molecule has 21 heavy (non-hydrogen) atoms. The quantitative estimate of drug-likeness (QED) is 0.523. The lowest BCUT2D eigenvalue weighted by atomic mass is 9.53. The molecule has 5 aliphatic rings. The van der Waals surface area contributed by atoms with Gasteiger partial charge in [0.15, 0.2) is 0 Å². The predicted octanol–water partition coefficient (Wildman–Crippen LogP) is 4.56. The molecule has 2 nitrogen and oxygen atoms in total. The molecule has 5 fully saturated rings. The van der Waals surface area contributed by atoms with Crippen molar-refractivity contribution in [3.8, 4) is 0 Å². The van der Waals surface area contributed by atoms with Crippen LogP contribution < -0.4 is 4.72 Å². The maximum atomic E-state index is 6.16. The van der Waals surface area contributed by atoms with Crippen LogP contribution in [0.25, 0.3) is 0 Å². The SMILES string of the molecule is C1CC[C@H]2C(C1)CC[C@@H]1[C@@H]2CC[C@H]2[C@H]1CCC21CNSO1. The Morgan fingerprint density at radius 1 is 0.810 bits per heavy atom. The molecule has 0 aromatic heterocycles. The second-order valence-electron chi connectivity index (χ2n) is 8.55. The highest BCUT2D eigenvalue weighted by atomic mass is 32.2. The first-order chi connectivity index (χ1) is 10.4. The van der Waals surface area contributed by atoms with Crippen molar-refractivity contribution in [2.24, 2.45) is 35.5 Å². The highest BCUT2D eigenvalue weighted by Crippen LogP contribution is 2.61. The van der Waals surface area contributed by atoms with E-state index in [0.29, 0.717) is 0 Å². The monoisotopic (exact) mass is 307 g/mol. The molecule has 0 aromatic carbocycles. The highest BCUT2D eigenvalue weighted by Gasteiger charge is 2.58.